The third kappa shape index (κ3) is 3.74. The Kier molecular flexibility index (Phi) is 5.07. The molecule has 0 atom stereocenters. The van der Waals surface area contributed by atoms with Crippen molar-refractivity contribution in [1.29, 1.82) is 0 Å². The number of rotatable bonds is 4. The summed E-state index contributed by atoms with van der Waals surface area (Å²) in [6.07, 6.45) is 1.10. The van der Waals surface area contributed by atoms with Gasteiger partial charge in [-0.3, -0.25) is 4.79 Å². The summed E-state index contributed by atoms with van der Waals surface area (Å²) in [5.41, 5.74) is 1.06. The Hall–Kier alpha value is -2.65. The highest BCUT2D eigenvalue weighted by Crippen LogP contribution is 2.33. The molecule has 27 heavy (non-hydrogen) atoms. The van der Waals surface area contributed by atoms with Crippen LogP contribution in [0.15, 0.2) is 46.3 Å². The first-order valence-corrected chi connectivity index (χ1v) is 10.6. The van der Waals surface area contributed by atoms with Gasteiger partial charge in [-0.05, 0) is 18.2 Å². The summed E-state index contributed by atoms with van der Waals surface area (Å²) >= 11 is 1.33. The predicted octanol–water partition coefficient (Wildman–Crippen LogP) is 2.40. The molecule has 0 aliphatic rings. The van der Waals surface area contributed by atoms with Crippen LogP contribution in [0.3, 0.4) is 0 Å². The van der Waals surface area contributed by atoms with Gasteiger partial charge in [-0.2, -0.15) is 4.99 Å². The standard InChI is InChI=1S/C18H18N2O5S2/c1-20-13-9-14(24-2)15(25-3)10-16(13)26-18(20)19-17(21)11-6-5-7-12(8-11)27(4,22)23/h5-10H,1-4H3. The molecular formula is C18H18N2O5S2. The molecule has 2 aromatic carbocycles. The average molecular weight is 406 g/mol. The molecule has 1 aromatic heterocycles. The summed E-state index contributed by atoms with van der Waals surface area (Å²) in [5.74, 6) is 0.657. The van der Waals surface area contributed by atoms with Crippen LogP contribution in [0.25, 0.3) is 10.2 Å². The van der Waals surface area contributed by atoms with Crippen LogP contribution in [0.5, 0.6) is 11.5 Å². The van der Waals surface area contributed by atoms with E-state index in [1.54, 1.807) is 31.9 Å². The molecule has 0 aliphatic heterocycles. The van der Waals surface area contributed by atoms with E-state index in [4.69, 9.17) is 9.47 Å². The van der Waals surface area contributed by atoms with Crippen molar-refractivity contribution in [2.45, 2.75) is 4.90 Å². The summed E-state index contributed by atoms with van der Waals surface area (Å²) in [6.45, 7) is 0. The summed E-state index contributed by atoms with van der Waals surface area (Å²) in [5, 5.41) is 0. The molecule has 0 saturated heterocycles. The first-order valence-electron chi connectivity index (χ1n) is 7.85. The molecule has 9 heteroatoms. The maximum Gasteiger partial charge on any atom is 0.279 e. The number of carbonyl (C=O) groups excluding carboxylic acids is 1. The second-order valence-electron chi connectivity index (χ2n) is 5.84. The molecule has 3 aromatic rings. The number of aryl methyl sites for hydroxylation is 1. The number of methoxy groups -OCH3 is 2. The molecule has 7 nitrogen and oxygen atoms in total. The molecule has 0 fully saturated rings. The van der Waals surface area contributed by atoms with Gasteiger partial charge in [-0.25, -0.2) is 8.42 Å². The van der Waals surface area contributed by atoms with Gasteiger partial charge in [0.05, 0.1) is 29.3 Å². The van der Waals surface area contributed by atoms with Crippen molar-refractivity contribution in [3.63, 3.8) is 0 Å². The molecule has 0 aliphatic carbocycles. The van der Waals surface area contributed by atoms with Crippen LogP contribution in [0.1, 0.15) is 10.4 Å². The number of nitrogens with zero attached hydrogens (tertiary/aromatic N) is 2. The zero-order valence-corrected chi connectivity index (χ0v) is 16.8. The summed E-state index contributed by atoms with van der Waals surface area (Å²) in [4.78, 5) is 17.3. The monoisotopic (exact) mass is 406 g/mol. The largest absolute Gasteiger partial charge is 0.493 e. The molecule has 0 bridgehead atoms. The zero-order chi connectivity index (χ0) is 19.8. The predicted molar refractivity (Wildman–Crippen MR) is 103 cm³/mol. The van der Waals surface area contributed by atoms with Crippen LogP contribution in [-0.4, -0.2) is 39.4 Å². The maximum absolute atomic E-state index is 12.6. The number of aromatic nitrogens is 1. The Morgan fingerprint density at radius 2 is 1.78 bits per heavy atom. The molecule has 0 saturated carbocycles. The van der Waals surface area contributed by atoms with Gasteiger partial charge in [0.25, 0.3) is 5.91 Å². The van der Waals surface area contributed by atoms with Gasteiger partial charge in [-0.1, -0.05) is 17.4 Å². The molecule has 0 radical (unpaired) electrons. The number of fused-ring (bicyclic) bond motifs is 1. The molecule has 1 amide bonds. The van der Waals surface area contributed by atoms with E-state index in [1.807, 2.05) is 12.1 Å². The fraction of sp³-hybridized carbons (Fsp3) is 0.222. The van der Waals surface area contributed by atoms with Gasteiger partial charge in [0.2, 0.25) is 0 Å². The Bertz CT molecular complexity index is 1210. The summed E-state index contributed by atoms with van der Waals surface area (Å²) in [7, 11) is 1.51. The molecule has 3 rings (SSSR count). The van der Waals surface area contributed by atoms with Gasteiger partial charge < -0.3 is 14.0 Å². The second kappa shape index (κ2) is 7.16. The van der Waals surface area contributed by atoms with Crippen LogP contribution >= 0.6 is 11.3 Å². The Morgan fingerprint density at radius 3 is 2.41 bits per heavy atom. The Labute approximate surface area is 160 Å². The van der Waals surface area contributed by atoms with Crippen molar-refractivity contribution in [3.05, 3.63) is 46.8 Å². The van der Waals surface area contributed by atoms with Crippen LogP contribution in [-0.2, 0) is 16.9 Å². The number of thiazole rings is 1. The molecular weight excluding hydrogens is 388 g/mol. The highest BCUT2D eigenvalue weighted by atomic mass is 32.2. The lowest BCUT2D eigenvalue weighted by Gasteiger charge is -2.07. The van der Waals surface area contributed by atoms with E-state index in [1.165, 1.54) is 29.5 Å². The fourth-order valence-corrected chi connectivity index (χ4v) is 4.27. The van der Waals surface area contributed by atoms with Gasteiger partial charge in [0.1, 0.15) is 0 Å². The van der Waals surface area contributed by atoms with E-state index in [-0.39, 0.29) is 10.5 Å². The molecule has 142 valence electrons. The van der Waals surface area contributed by atoms with Crippen molar-refractivity contribution >= 4 is 37.3 Å². The van der Waals surface area contributed by atoms with Crippen LogP contribution < -0.4 is 14.3 Å². The van der Waals surface area contributed by atoms with Gasteiger partial charge in [0.15, 0.2) is 26.1 Å². The number of carbonyl (C=O) groups is 1. The number of hydrogen-bond acceptors (Lipinski definition) is 6. The highest BCUT2D eigenvalue weighted by Gasteiger charge is 2.13. The number of sulfone groups is 1. The first kappa shape index (κ1) is 19.1. The van der Waals surface area contributed by atoms with Crippen molar-refractivity contribution in [2.75, 3.05) is 20.5 Å². The van der Waals surface area contributed by atoms with Crippen LogP contribution in [0.2, 0.25) is 0 Å². The second-order valence-corrected chi connectivity index (χ2v) is 8.86. The lowest BCUT2D eigenvalue weighted by molar-refractivity contribution is 0.0997. The van der Waals surface area contributed by atoms with E-state index in [2.05, 4.69) is 4.99 Å². The van der Waals surface area contributed by atoms with E-state index < -0.39 is 15.7 Å². The van der Waals surface area contributed by atoms with Gasteiger partial charge in [0, 0.05) is 31.0 Å². The Morgan fingerprint density at radius 1 is 1.11 bits per heavy atom. The lowest BCUT2D eigenvalue weighted by atomic mass is 10.2. The summed E-state index contributed by atoms with van der Waals surface area (Å²) in [6, 6.07) is 9.50. The minimum absolute atomic E-state index is 0.0822. The fourth-order valence-electron chi connectivity index (χ4n) is 2.57. The topological polar surface area (TPSA) is 87.0 Å². The molecule has 0 spiro atoms. The van der Waals surface area contributed by atoms with Gasteiger partial charge in [-0.15, -0.1) is 0 Å². The zero-order valence-electron chi connectivity index (χ0n) is 15.2. The number of hydrogen-bond donors (Lipinski definition) is 0. The SMILES string of the molecule is COc1cc2sc(=NC(=O)c3cccc(S(C)(=O)=O)c3)n(C)c2cc1OC. The first-order chi connectivity index (χ1) is 12.7. The summed E-state index contributed by atoms with van der Waals surface area (Å²) < 4.78 is 36.7. The minimum Gasteiger partial charge on any atom is -0.493 e. The van der Waals surface area contributed by atoms with Crippen molar-refractivity contribution in [3.8, 4) is 11.5 Å². The van der Waals surface area contributed by atoms with E-state index in [0.29, 0.717) is 16.3 Å². The van der Waals surface area contributed by atoms with Crippen molar-refractivity contribution in [2.24, 2.45) is 12.0 Å². The minimum atomic E-state index is -3.40. The maximum atomic E-state index is 12.6. The van der Waals surface area contributed by atoms with Crippen LogP contribution in [0.4, 0.5) is 0 Å². The number of benzene rings is 2. The Balaban J connectivity index is 2.11. The third-order valence-corrected chi connectivity index (χ3v) is 6.23. The van der Waals surface area contributed by atoms with Crippen molar-refractivity contribution < 1.29 is 22.7 Å². The average Bonchev–Trinajstić information content (AvgIpc) is 2.94. The lowest BCUT2D eigenvalue weighted by Crippen LogP contribution is -2.13. The van der Waals surface area contributed by atoms with E-state index in [9.17, 15) is 13.2 Å². The van der Waals surface area contributed by atoms with Crippen molar-refractivity contribution in [1.82, 2.24) is 4.57 Å². The van der Waals surface area contributed by atoms with Crippen LogP contribution in [0, 0.1) is 0 Å². The van der Waals surface area contributed by atoms with E-state index >= 15 is 0 Å². The highest BCUT2D eigenvalue weighted by molar-refractivity contribution is 7.90. The molecule has 0 N–H and O–H groups in total. The number of ether oxygens (including phenoxy) is 2. The van der Waals surface area contributed by atoms with Gasteiger partial charge >= 0.3 is 0 Å². The number of amides is 1. The molecule has 0 unspecified atom stereocenters. The quantitative estimate of drug-likeness (QED) is 0.664. The normalized spacial score (nSPS) is 12.4. The smallest absolute Gasteiger partial charge is 0.279 e. The van der Waals surface area contributed by atoms with E-state index in [0.717, 1.165) is 16.5 Å². The third-order valence-electron chi connectivity index (χ3n) is 4.02. The molecule has 1 heterocycles.